The molecule has 2 amide bonds. The number of carbonyl (C=O) groups is 2. The van der Waals surface area contributed by atoms with Crippen molar-refractivity contribution in [1.82, 2.24) is 10.2 Å². The molecule has 2 saturated carbocycles. The van der Waals surface area contributed by atoms with Crippen LogP contribution in [0.15, 0.2) is 0 Å². The molecule has 4 rings (SSSR count). The van der Waals surface area contributed by atoms with Gasteiger partial charge in [0.25, 0.3) is 0 Å². The van der Waals surface area contributed by atoms with Gasteiger partial charge in [-0.2, -0.15) is 0 Å². The maximum absolute atomic E-state index is 12.4. The fourth-order valence-electron chi connectivity index (χ4n) is 3.97. The SMILES string of the molecule is Cc1nnc(N2C(=O)[C@@H]3[C@@H]4CC[C@H](C4)[C@@H]3C2=O)s1. The van der Waals surface area contributed by atoms with E-state index in [1.54, 1.807) is 0 Å². The van der Waals surface area contributed by atoms with E-state index >= 15 is 0 Å². The molecule has 0 radical (unpaired) electrons. The quantitative estimate of drug-likeness (QED) is 0.718. The number of nitrogens with zero attached hydrogens (tertiary/aromatic N) is 3. The largest absolute Gasteiger partial charge is 0.274 e. The first kappa shape index (κ1) is 10.6. The van der Waals surface area contributed by atoms with Crippen LogP contribution < -0.4 is 4.90 Å². The van der Waals surface area contributed by atoms with Gasteiger partial charge in [0.1, 0.15) is 5.01 Å². The molecular formula is C12H13N3O2S. The van der Waals surface area contributed by atoms with Crippen LogP contribution in [0.2, 0.25) is 0 Å². The Morgan fingerprint density at radius 1 is 1.11 bits per heavy atom. The van der Waals surface area contributed by atoms with Crippen LogP contribution in [0.1, 0.15) is 24.3 Å². The lowest BCUT2D eigenvalue weighted by molar-refractivity contribution is -0.123. The summed E-state index contributed by atoms with van der Waals surface area (Å²) in [4.78, 5) is 26.2. The third kappa shape index (κ3) is 1.16. The molecule has 0 spiro atoms. The first-order chi connectivity index (χ1) is 8.66. The Morgan fingerprint density at radius 3 is 2.22 bits per heavy atom. The number of aromatic nitrogens is 2. The van der Waals surface area contributed by atoms with Crippen LogP contribution in [0.4, 0.5) is 5.13 Å². The fourth-order valence-corrected chi connectivity index (χ4v) is 4.67. The molecule has 0 N–H and O–H groups in total. The summed E-state index contributed by atoms with van der Waals surface area (Å²) in [5.41, 5.74) is 0. The van der Waals surface area contributed by atoms with E-state index < -0.39 is 0 Å². The Balaban J connectivity index is 1.75. The zero-order valence-corrected chi connectivity index (χ0v) is 10.8. The fraction of sp³-hybridized carbons (Fsp3) is 0.667. The summed E-state index contributed by atoms with van der Waals surface area (Å²) in [6, 6.07) is 0. The molecule has 0 unspecified atom stereocenters. The lowest BCUT2D eigenvalue weighted by Gasteiger charge is -2.19. The summed E-state index contributed by atoms with van der Waals surface area (Å²) in [7, 11) is 0. The molecular weight excluding hydrogens is 250 g/mol. The van der Waals surface area contributed by atoms with Gasteiger partial charge < -0.3 is 0 Å². The molecule has 1 saturated heterocycles. The Bertz CT molecular complexity index is 527. The molecule has 1 aromatic heterocycles. The van der Waals surface area contributed by atoms with Crippen LogP contribution >= 0.6 is 11.3 Å². The van der Waals surface area contributed by atoms with Crippen LogP contribution in [0.3, 0.4) is 0 Å². The highest BCUT2D eigenvalue weighted by Crippen LogP contribution is 2.56. The van der Waals surface area contributed by atoms with E-state index in [0.29, 0.717) is 17.0 Å². The normalized spacial score (nSPS) is 37.7. The molecule has 3 fully saturated rings. The molecule has 6 heteroatoms. The molecule has 2 bridgehead atoms. The molecule has 4 atom stereocenters. The van der Waals surface area contributed by atoms with Crippen LogP contribution in [0.5, 0.6) is 0 Å². The summed E-state index contributed by atoms with van der Waals surface area (Å²) in [5.74, 6) is 0.647. The molecule has 2 aliphatic carbocycles. The molecule has 0 aromatic carbocycles. The number of hydrogen-bond donors (Lipinski definition) is 0. The van der Waals surface area contributed by atoms with Crippen molar-refractivity contribution >= 4 is 28.3 Å². The Morgan fingerprint density at radius 2 is 1.72 bits per heavy atom. The number of fused-ring (bicyclic) bond motifs is 5. The highest BCUT2D eigenvalue weighted by molar-refractivity contribution is 7.15. The van der Waals surface area contributed by atoms with Crippen molar-refractivity contribution in [3.05, 3.63) is 5.01 Å². The Kier molecular flexibility index (Phi) is 1.99. The van der Waals surface area contributed by atoms with Crippen LogP contribution in [0.25, 0.3) is 0 Å². The third-order valence-corrected chi connectivity index (χ3v) is 5.46. The highest BCUT2D eigenvalue weighted by atomic mass is 32.1. The van der Waals surface area contributed by atoms with Crippen LogP contribution in [0, 0.1) is 30.6 Å². The van der Waals surface area contributed by atoms with Gasteiger partial charge in [-0.25, -0.2) is 4.90 Å². The minimum absolute atomic E-state index is 0.0339. The maximum Gasteiger partial charge on any atom is 0.239 e. The molecule has 18 heavy (non-hydrogen) atoms. The van der Waals surface area contributed by atoms with Crippen molar-refractivity contribution in [1.29, 1.82) is 0 Å². The van der Waals surface area contributed by atoms with Gasteiger partial charge in [0.2, 0.25) is 16.9 Å². The first-order valence-electron chi connectivity index (χ1n) is 6.34. The van der Waals surface area contributed by atoms with Crippen molar-refractivity contribution in [2.45, 2.75) is 26.2 Å². The van der Waals surface area contributed by atoms with E-state index in [-0.39, 0.29) is 23.7 Å². The average molecular weight is 263 g/mol. The Labute approximate surface area is 108 Å². The zero-order chi connectivity index (χ0) is 12.4. The molecule has 5 nitrogen and oxygen atoms in total. The van der Waals surface area contributed by atoms with Crippen molar-refractivity contribution in [3.8, 4) is 0 Å². The summed E-state index contributed by atoms with van der Waals surface area (Å²) < 4.78 is 0. The Hall–Kier alpha value is -1.30. The topological polar surface area (TPSA) is 63.2 Å². The molecule has 2 heterocycles. The number of carbonyl (C=O) groups excluding carboxylic acids is 2. The smallest absolute Gasteiger partial charge is 0.239 e. The van der Waals surface area contributed by atoms with E-state index in [1.807, 2.05) is 6.92 Å². The lowest BCUT2D eigenvalue weighted by atomic mass is 9.81. The monoisotopic (exact) mass is 263 g/mol. The summed E-state index contributed by atoms with van der Waals surface area (Å²) >= 11 is 1.32. The van der Waals surface area contributed by atoms with Gasteiger partial charge >= 0.3 is 0 Å². The van der Waals surface area contributed by atoms with Crippen LogP contribution in [-0.2, 0) is 9.59 Å². The second kappa shape index (κ2) is 3.38. The zero-order valence-electron chi connectivity index (χ0n) is 10.00. The highest BCUT2D eigenvalue weighted by Gasteiger charge is 2.61. The van der Waals surface area contributed by atoms with E-state index in [9.17, 15) is 9.59 Å². The van der Waals surface area contributed by atoms with Gasteiger partial charge in [0, 0.05) is 0 Å². The predicted molar refractivity (Wildman–Crippen MR) is 65.0 cm³/mol. The molecule has 1 aliphatic heterocycles. The van der Waals surface area contributed by atoms with E-state index in [1.165, 1.54) is 16.2 Å². The first-order valence-corrected chi connectivity index (χ1v) is 7.16. The lowest BCUT2D eigenvalue weighted by Crippen LogP contribution is -2.32. The number of aryl methyl sites for hydroxylation is 1. The third-order valence-electron chi connectivity index (χ3n) is 4.63. The van der Waals surface area contributed by atoms with Gasteiger partial charge in [0.05, 0.1) is 11.8 Å². The second-order valence-electron chi connectivity index (χ2n) is 5.50. The van der Waals surface area contributed by atoms with Crippen molar-refractivity contribution < 1.29 is 9.59 Å². The van der Waals surface area contributed by atoms with Gasteiger partial charge in [-0.1, -0.05) is 11.3 Å². The van der Waals surface area contributed by atoms with Crippen LogP contribution in [-0.4, -0.2) is 22.0 Å². The van der Waals surface area contributed by atoms with E-state index in [2.05, 4.69) is 10.2 Å². The van der Waals surface area contributed by atoms with Gasteiger partial charge in [-0.05, 0) is 38.0 Å². The minimum Gasteiger partial charge on any atom is -0.274 e. The second-order valence-corrected chi connectivity index (χ2v) is 6.66. The number of hydrogen-bond acceptors (Lipinski definition) is 5. The molecule has 1 aromatic rings. The average Bonchev–Trinajstić information content (AvgIpc) is 3.05. The maximum atomic E-state index is 12.4. The minimum atomic E-state index is -0.0690. The van der Waals surface area contributed by atoms with Crippen molar-refractivity contribution in [2.75, 3.05) is 4.90 Å². The summed E-state index contributed by atoms with van der Waals surface area (Å²) in [6.45, 7) is 1.83. The van der Waals surface area contributed by atoms with E-state index in [4.69, 9.17) is 0 Å². The number of imide groups is 1. The number of amides is 2. The standard InChI is InChI=1S/C12H13N3O2S/c1-5-13-14-12(18-5)15-10(16)8-6-2-3-7(4-6)9(8)11(15)17/h6-9H,2-4H2,1H3/t6-,7-,8-,9+/m1/s1. The molecule has 3 aliphatic rings. The number of rotatable bonds is 1. The summed E-state index contributed by atoms with van der Waals surface area (Å²) in [6.07, 6.45) is 3.28. The predicted octanol–water partition coefficient (Wildman–Crippen LogP) is 1.38. The van der Waals surface area contributed by atoms with Gasteiger partial charge in [0.15, 0.2) is 0 Å². The number of anilines is 1. The van der Waals surface area contributed by atoms with Crippen molar-refractivity contribution in [3.63, 3.8) is 0 Å². The molecule has 94 valence electrons. The van der Waals surface area contributed by atoms with Gasteiger partial charge in [-0.3, -0.25) is 9.59 Å². The van der Waals surface area contributed by atoms with Crippen molar-refractivity contribution in [2.24, 2.45) is 23.7 Å². The van der Waals surface area contributed by atoms with Gasteiger partial charge in [-0.15, -0.1) is 10.2 Å². The van der Waals surface area contributed by atoms with E-state index in [0.717, 1.165) is 24.3 Å². The summed E-state index contributed by atoms with van der Waals surface area (Å²) in [5, 5.41) is 9.09.